The Morgan fingerprint density at radius 1 is 1.61 bits per heavy atom. The van der Waals surface area contributed by atoms with Crippen LogP contribution in [-0.2, 0) is 10.0 Å². The van der Waals surface area contributed by atoms with Crippen LogP contribution in [0, 0.1) is 11.2 Å². The summed E-state index contributed by atoms with van der Waals surface area (Å²) < 4.78 is 38.7. The van der Waals surface area contributed by atoms with Gasteiger partial charge in [-0.2, -0.15) is 4.31 Å². The molecule has 18 heavy (non-hydrogen) atoms. The molecule has 0 aliphatic heterocycles. The van der Waals surface area contributed by atoms with E-state index in [1.54, 1.807) is 6.92 Å². The van der Waals surface area contributed by atoms with E-state index in [4.69, 9.17) is 11.1 Å². The molecule has 8 heteroatoms. The average molecular weight is 274 g/mol. The number of amidine groups is 1. The van der Waals surface area contributed by atoms with Gasteiger partial charge in [0.1, 0.15) is 0 Å². The lowest BCUT2D eigenvalue weighted by molar-refractivity contribution is 0.428. The molecule has 0 aliphatic rings. The van der Waals surface area contributed by atoms with Crippen LogP contribution in [0.2, 0.25) is 0 Å². The number of hydrogen-bond donors (Lipinski definition) is 2. The molecule has 6 nitrogen and oxygen atoms in total. The number of nitrogens with two attached hydrogens (primary N) is 1. The van der Waals surface area contributed by atoms with Crippen LogP contribution in [0.1, 0.15) is 13.3 Å². The molecule has 0 bridgehead atoms. The van der Waals surface area contributed by atoms with Crippen molar-refractivity contribution in [1.29, 1.82) is 5.41 Å². The number of aromatic nitrogens is 1. The van der Waals surface area contributed by atoms with Crippen LogP contribution >= 0.6 is 0 Å². The van der Waals surface area contributed by atoms with Crippen molar-refractivity contribution in [3.63, 3.8) is 0 Å². The van der Waals surface area contributed by atoms with E-state index in [-0.39, 0.29) is 25.3 Å². The second-order valence-corrected chi connectivity index (χ2v) is 5.42. The van der Waals surface area contributed by atoms with Gasteiger partial charge in [0.05, 0.1) is 5.84 Å². The van der Waals surface area contributed by atoms with Gasteiger partial charge in [-0.3, -0.25) is 5.41 Å². The first kappa shape index (κ1) is 14.5. The van der Waals surface area contributed by atoms with Gasteiger partial charge in [-0.1, -0.05) is 6.92 Å². The summed E-state index contributed by atoms with van der Waals surface area (Å²) in [7, 11) is -3.98. The van der Waals surface area contributed by atoms with E-state index in [0.717, 1.165) is 10.4 Å². The number of pyridine rings is 1. The quantitative estimate of drug-likeness (QED) is 0.584. The van der Waals surface area contributed by atoms with Crippen LogP contribution < -0.4 is 5.73 Å². The summed E-state index contributed by atoms with van der Waals surface area (Å²) >= 11 is 0. The van der Waals surface area contributed by atoms with Crippen molar-refractivity contribution >= 4 is 15.9 Å². The third-order valence-corrected chi connectivity index (χ3v) is 4.20. The lowest BCUT2D eigenvalue weighted by Gasteiger charge is -2.19. The first-order valence-electron chi connectivity index (χ1n) is 5.33. The van der Waals surface area contributed by atoms with Crippen LogP contribution in [0.3, 0.4) is 0 Å². The molecular formula is C10H15FN4O2S. The number of nitrogens with zero attached hydrogens (tertiary/aromatic N) is 2. The summed E-state index contributed by atoms with van der Waals surface area (Å²) in [6, 6.07) is 2.36. The van der Waals surface area contributed by atoms with Crippen LogP contribution in [0.5, 0.6) is 0 Å². The molecule has 0 saturated heterocycles. The zero-order valence-electron chi connectivity index (χ0n) is 9.93. The first-order chi connectivity index (χ1) is 8.39. The predicted molar refractivity (Wildman–Crippen MR) is 65.2 cm³/mol. The van der Waals surface area contributed by atoms with E-state index in [9.17, 15) is 12.8 Å². The highest BCUT2D eigenvalue weighted by molar-refractivity contribution is 7.89. The monoisotopic (exact) mass is 274 g/mol. The Balaban J connectivity index is 3.04. The van der Waals surface area contributed by atoms with Crippen molar-refractivity contribution in [3.8, 4) is 0 Å². The Labute approximate surface area is 105 Å². The van der Waals surface area contributed by atoms with Crippen molar-refractivity contribution < 1.29 is 12.8 Å². The van der Waals surface area contributed by atoms with Gasteiger partial charge < -0.3 is 5.73 Å². The molecule has 0 spiro atoms. The Hall–Kier alpha value is -1.54. The molecule has 0 unspecified atom stereocenters. The zero-order valence-corrected chi connectivity index (χ0v) is 10.7. The third-order valence-electron chi connectivity index (χ3n) is 2.29. The summed E-state index contributed by atoms with van der Waals surface area (Å²) in [5, 5.41) is 6.48. The highest BCUT2D eigenvalue weighted by atomic mass is 32.2. The van der Waals surface area contributed by atoms with Gasteiger partial charge in [0.25, 0.3) is 10.0 Å². The van der Waals surface area contributed by atoms with Crippen LogP contribution in [-0.4, -0.2) is 36.6 Å². The minimum absolute atomic E-state index is 0.0319. The maximum absolute atomic E-state index is 13.4. The number of nitrogens with one attached hydrogen (secondary N) is 1. The van der Waals surface area contributed by atoms with Crippen LogP contribution in [0.4, 0.5) is 4.39 Å². The van der Waals surface area contributed by atoms with Crippen LogP contribution in [0.25, 0.3) is 0 Å². The number of sulfonamides is 1. The van der Waals surface area contributed by atoms with Gasteiger partial charge in [-0.15, -0.1) is 0 Å². The van der Waals surface area contributed by atoms with Gasteiger partial charge in [0.2, 0.25) is 5.03 Å². The number of hydrogen-bond acceptors (Lipinski definition) is 4. The average Bonchev–Trinajstić information content (AvgIpc) is 2.29. The summed E-state index contributed by atoms with van der Waals surface area (Å²) in [6.07, 6.45) is 1.32. The van der Waals surface area contributed by atoms with Gasteiger partial charge in [-0.25, -0.2) is 17.8 Å². The summed E-state index contributed by atoms with van der Waals surface area (Å²) in [5.74, 6) is -1.01. The minimum Gasteiger partial charge on any atom is -0.388 e. The lowest BCUT2D eigenvalue weighted by Crippen LogP contribution is -2.34. The second kappa shape index (κ2) is 5.87. The van der Waals surface area contributed by atoms with Gasteiger partial charge in [-0.05, 0) is 12.1 Å². The zero-order chi connectivity index (χ0) is 13.8. The molecule has 1 aromatic heterocycles. The fourth-order valence-corrected chi connectivity index (χ4v) is 2.80. The number of halogens is 1. The third kappa shape index (κ3) is 3.23. The van der Waals surface area contributed by atoms with Gasteiger partial charge >= 0.3 is 0 Å². The Morgan fingerprint density at radius 2 is 2.28 bits per heavy atom. The fraction of sp³-hybridized carbons (Fsp3) is 0.400. The van der Waals surface area contributed by atoms with E-state index in [1.165, 1.54) is 12.3 Å². The van der Waals surface area contributed by atoms with E-state index in [2.05, 4.69) is 4.98 Å². The smallest absolute Gasteiger partial charge is 0.263 e. The molecule has 0 aliphatic carbocycles. The SMILES string of the molecule is CCN(CCC(=N)N)S(=O)(=O)c1ncccc1F. The van der Waals surface area contributed by atoms with Gasteiger partial charge in [0.15, 0.2) is 5.82 Å². The summed E-state index contributed by atoms with van der Waals surface area (Å²) in [5.41, 5.74) is 5.18. The van der Waals surface area contributed by atoms with Crippen molar-refractivity contribution in [2.24, 2.45) is 5.73 Å². The lowest BCUT2D eigenvalue weighted by atomic mass is 10.4. The molecule has 0 atom stereocenters. The number of rotatable bonds is 6. The Morgan fingerprint density at radius 3 is 2.78 bits per heavy atom. The highest BCUT2D eigenvalue weighted by Crippen LogP contribution is 2.16. The molecule has 100 valence electrons. The van der Waals surface area contributed by atoms with E-state index in [0.29, 0.717) is 0 Å². The topological polar surface area (TPSA) is 100 Å². The Bertz CT molecular complexity index is 532. The maximum atomic E-state index is 13.4. The largest absolute Gasteiger partial charge is 0.388 e. The first-order valence-corrected chi connectivity index (χ1v) is 6.77. The van der Waals surface area contributed by atoms with E-state index < -0.39 is 20.9 Å². The van der Waals surface area contributed by atoms with Crippen molar-refractivity contribution in [2.45, 2.75) is 18.4 Å². The Kier molecular flexibility index (Phi) is 4.74. The molecule has 0 saturated carbocycles. The van der Waals surface area contributed by atoms with Crippen molar-refractivity contribution in [2.75, 3.05) is 13.1 Å². The van der Waals surface area contributed by atoms with E-state index >= 15 is 0 Å². The second-order valence-electron chi connectivity index (χ2n) is 3.56. The van der Waals surface area contributed by atoms with Crippen LogP contribution in [0.15, 0.2) is 23.4 Å². The molecule has 0 fully saturated rings. The molecule has 0 aromatic carbocycles. The molecule has 0 amide bonds. The van der Waals surface area contributed by atoms with Gasteiger partial charge in [0, 0.05) is 25.7 Å². The fourth-order valence-electron chi connectivity index (χ4n) is 1.38. The maximum Gasteiger partial charge on any atom is 0.263 e. The highest BCUT2D eigenvalue weighted by Gasteiger charge is 2.27. The van der Waals surface area contributed by atoms with Crippen molar-refractivity contribution in [3.05, 3.63) is 24.1 Å². The molecular weight excluding hydrogens is 259 g/mol. The molecule has 3 N–H and O–H groups in total. The normalized spacial score (nSPS) is 11.7. The molecule has 1 heterocycles. The molecule has 1 aromatic rings. The van der Waals surface area contributed by atoms with Crippen molar-refractivity contribution in [1.82, 2.24) is 9.29 Å². The molecule has 1 rings (SSSR count). The summed E-state index contributed by atoms with van der Waals surface area (Å²) in [6.45, 7) is 1.81. The summed E-state index contributed by atoms with van der Waals surface area (Å²) in [4.78, 5) is 3.56. The molecule has 0 radical (unpaired) electrons. The predicted octanol–water partition coefficient (Wildman–Crippen LogP) is 0.557. The standard InChI is InChI=1S/C10H15FN4O2S/c1-2-15(7-5-9(12)13)18(16,17)10-8(11)4-3-6-14-10/h3-4,6H,2,5,7H2,1H3,(H3,12,13). The minimum atomic E-state index is -3.98. The van der Waals surface area contributed by atoms with E-state index in [1.807, 2.05) is 0 Å².